The van der Waals surface area contributed by atoms with Crippen molar-refractivity contribution < 1.29 is 14.3 Å². The van der Waals surface area contributed by atoms with Gasteiger partial charge in [0.15, 0.2) is 11.5 Å². The SMILES string of the molecule is COC(=O)c1ccc(-n2c(-c3cccnc3N)nc3ccc(C4CCOCC4)nc32)cc1. The third kappa shape index (κ3) is 3.58. The number of nitrogen functional groups attached to an aromatic ring is 1. The number of imidazole rings is 1. The molecule has 4 heterocycles. The molecule has 1 aromatic carbocycles. The van der Waals surface area contributed by atoms with Crippen LogP contribution in [0.4, 0.5) is 5.82 Å². The molecule has 0 saturated carbocycles. The Morgan fingerprint density at radius 2 is 1.88 bits per heavy atom. The molecule has 0 spiro atoms. The number of carbonyl (C=O) groups is 1. The summed E-state index contributed by atoms with van der Waals surface area (Å²) in [5, 5.41) is 0. The number of methoxy groups -OCH3 is 1. The number of esters is 1. The minimum atomic E-state index is -0.385. The second-order valence-electron chi connectivity index (χ2n) is 7.71. The third-order valence-electron chi connectivity index (χ3n) is 5.79. The van der Waals surface area contributed by atoms with E-state index in [9.17, 15) is 4.79 Å². The molecule has 0 bridgehead atoms. The van der Waals surface area contributed by atoms with Gasteiger partial charge in [-0.15, -0.1) is 0 Å². The second-order valence-corrected chi connectivity index (χ2v) is 7.71. The Balaban J connectivity index is 1.70. The first-order valence-electron chi connectivity index (χ1n) is 10.5. The molecule has 1 aliphatic rings. The smallest absolute Gasteiger partial charge is 0.337 e. The molecule has 3 aromatic heterocycles. The molecule has 1 fully saturated rings. The van der Waals surface area contributed by atoms with Crippen LogP contribution in [0.5, 0.6) is 0 Å². The fourth-order valence-corrected chi connectivity index (χ4v) is 4.09. The van der Waals surface area contributed by atoms with E-state index in [0.29, 0.717) is 23.1 Å². The van der Waals surface area contributed by atoms with Gasteiger partial charge in [0.05, 0.1) is 18.2 Å². The number of hydrogen-bond acceptors (Lipinski definition) is 7. The summed E-state index contributed by atoms with van der Waals surface area (Å²) in [4.78, 5) is 26.0. The Bertz CT molecular complexity index is 1280. The van der Waals surface area contributed by atoms with Crippen LogP contribution in [-0.2, 0) is 9.47 Å². The molecule has 4 aromatic rings. The van der Waals surface area contributed by atoms with Gasteiger partial charge in [0.1, 0.15) is 11.3 Å². The number of benzene rings is 1. The van der Waals surface area contributed by atoms with Crippen molar-refractivity contribution in [3.05, 3.63) is 66.0 Å². The molecule has 1 saturated heterocycles. The van der Waals surface area contributed by atoms with Crippen LogP contribution in [0.15, 0.2) is 54.7 Å². The van der Waals surface area contributed by atoms with Gasteiger partial charge in [-0.1, -0.05) is 0 Å². The fourth-order valence-electron chi connectivity index (χ4n) is 4.09. The third-order valence-corrected chi connectivity index (χ3v) is 5.79. The zero-order valence-electron chi connectivity index (χ0n) is 17.7. The monoisotopic (exact) mass is 429 g/mol. The highest BCUT2D eigenvalue weighted by Crippen LogP contribution is 2.32. The number of hydrogen-bond donors (Lipinski definition) is 1. The van der Waals surface area contributed by atoms with Crippen molar-refractivity contribution in [2.24, 2.45) is 0 Å². The van der Waals surface area contributed by atoms with Gasteiger partial charge in [0.25, 0.3) is 0 Å². The van der Waals surface area contributed by atoms with Crippen LogP contribution in [-0.4, -0.2) is 45.8 Å². The van der Waals surface area contributed by atoms with Crippen LogP contribution in [0, 0.1) is 0 Å². The summed E-state index contributed by atoms with van der Waals surface area (Å²) in [7, 11) is 1.37. The Hall–Kier alpha value is -3.78. The number of fused-ring (bicyclic) bond motifs is 1. The van der Waals surface area contributed by atoms with Crippen molar-refractivity contribution in [3.8, 4) is 17.1 Å². The van der Waals surface area contributed by atoms with E-state index < -0.39 is 0 Å². The van der Waals surface area contributed by atoms with E-state index in [1.165, 1.54) is 7.11 Å². The quantitative estimate of drug-likeness (QED) is 0.493. The molecule has 162 valence electrons. The summed E-state index contributed by atoms with van der Waals surface area (Å²) in [5.41, 5.74) is 10.7. The minimum absolute atomic E-state index is 0.352. The van der Waals surface area contributed by atoms with E-state index in [1.54, 1.807) is 18.3 Å². The largest absolute Gasteiger partial charge is 0.465 e. The lowest BCUT2D eigenvalue weighted by Crippen LogP contribution is -2.15. The number of pyridine rings is 2. The molecular weight excluding hydrogens is 406 g/mol. The van der Waals surface area contributed by atoms with E-state index in [-0.39, 0.29) is 5.97 Å². The Morgan fingerprint density at radius 1 is 1.09 bits per heavy atom. The maximum atomic E-state index is 11.9. The van der Waals surface area contributed by atoms with Crippen LogP contribution in [0.1, 0.15) is 34.8 Å². The van der Waals surface area contributed by atoms with Crippen LogP contribution < -0.4 is 5.73 Å². The van der Waals surface area contributed by atoms with Gasteiger partial charge in [-0.25, -0.2) is 19.7 Å². The predicted molar refractivity (Wildman–Crippen MR) is 121 cm³/mol. The highest BCUT2D eigenvalue weighted by Gasteiger charge is 2.22. The summed E-state index contributed by atoms with van der Waals surface area (Å²) < 4.78 is 12.3. The van der Waals surface area contributed by atoms with Crippen molar-refractivity contribution in [2.75, 3.05) is 26.1 Å². The highest BCUT2D eigenvalue weighted by atomic mass is 16.5. The number of aromatic nitrogens is 4. The Labute approximate surface area is 185 Å². The van der Waals surface area contributed by atoms with Gasteiger partial charge in [-0.2, -0.15) is 0 Å². The minimum Gasteiger partial charge on any atom is -0.465 e. The van der Waals surface area contributed by atoms with Gasteiger partial charge >= 0.3 is 5.97 Å². The zero-order valence-corrected chi connectivity index (χ0v) is 17.7. The number of nitrogens with zero attached hydrogens (tertiary/aromatic N) is 4. The summed E-state index contributed by atoms with van der Waals surface area (Å²) >= 11 is 0. The molecule has 5 rings (SSSR count). The summed E-state index contributed by atoms with van der Waals surface area (Å²) in [6.07, 6.45) is 3.55. The van der Waals surface area contributed by atoms with Gasteiger partial charge in [-0.3, -0.25) is 4.57 Å². The molecule has 8 nitrogen and oxygen atoms in total. The van der Waals surface area contributed by atoms with E-state index in [2.05, 4.69) is 4.98 Å². The lowest BCUT2D eigenvalue weighted by Gasteiger charge is -2.21. The number of rotatable bonds is 4. The van der Waals surface area contributed by atoms with Crippen molar-refractivity contribution in [1.82, 2.24) is 19.5 Å². The maximum absolute atomic E-state index is 11.9. The van der Waals surface area contributed by atoms with Crippen molar-refractivity contribution in [3.63, 3.8) is 0 Å². The summed E-state index contributed by atoms with van der Waals surface area (Å²) in [5.74, 6) is 1.00. The average molecular weight is 429 g/mol. The normalized spacial score (nSPS) is 14.5. The molecule has 8 heteroatoms. The lowest BCUT2D eigenvalue weighted by atomic mass is 9.96. The van der Waals surface area contributed by atoms with Crippen LogP contribution in [0.3, 0.4) is 0 Å². The summed E-state index contributed by atoms with van der Waals surface area (Å²) in [6.45, 7) is 1.49. The van der Waals surface area contributed by atoms with E-state index in [4.69, 9.17) is 25.2 Å². The number of carbonyl (C=O) groups excluding carboxylic acids is 1. The van der Waals surface area contributed by atoms with E-state index in [0.717, 1.165) is 54.2 Å². The predicted octanol–water partition coefficient (Wildman–Crippen LogP) is 3.75. The first kappa shape index (κ1) is 20.1. The molecule has 0 amide bonds. The first-order valence-corrected chi connectivity index (χ1v) is 10.5. The zero-order chi connectivity index (χ0) is 22.1. The molecule has 0 radical (unpaired) electrons. The molecule has 2 N–H and O–H groups in total. The van der Waals surface area contributed by atoms with Crippen LogP contribution >= 0.6 is 0 Å². The fraction of sp³-hybridized carbons (Fsp3) is 0.250. The van der Waals surface area contributed by atoms with Gasteiger partial charge in [0, 0.05) is 36.7 Å². The standard InChI is InChI=1S/C24H23N5O3/c1-31-24(30)16-4-6-17(7-5-16)29-22(18-3-2-12-26-21(18)25)28-20-9-8-19(27-23(20)29)15-10-13-32-14-11-15/h2-9,12,15H,10-11,13-14H2,1H3,(H2,25,26). The lowest BCUT2D eigenvalue weighted by molar-refractivity contribution is 0.0600. The number of ether oxygens (including phenoxy) is 2. The van der Waals surface area contributed by atoms with E-state index in [1.807, 2.05) is 41.0 Å². The maximum Gasteiger partial charge on any atom is 0.337 e. The highest BCUT2D eigenvalue weighted by molar-refractivity contribution is 5.90. The van der Waals surface area contributed by atoms with Gasteiger partial charge in [0.2, 0.25) is 0 Å². The summed E-state index contributed by atoms with van der Waals surface area (Å²) in [6, 6.07) is 14.9. The van der Waals surface area contributed by atoms with Crippen molar-refractivity contribution in [1.29, 1.82) is 0 Å². The van der Waals surface area contributed by atoms with Crippen molar-refractivity contribution in [2.45, 2.75) is 18.8 Å². The molecule has 0 unspecified atom stereocenters. The first-order chi connectivity index (χ1) is 15.7. The number of nitrogens with two attached hydrogens (primary N) is 1. The van der Waals surface area contributed by atoms with E-state index >= 15 is 0 Å². The van der Waals surface area contributed by atoms with Crippen LogP contribution in [0.25, 0.3) is 28.2 Å². The topological polar surface area (TPSA) is 105 Å². The van der Waals surface area contributed by atoms with Crippen LogP contribution in [0.2, 0.25) is 0 Å². The van der Waals surface area contributed by atoms with Crippen molar-refractivity contribution >= 4 is 23.0 Å². The average Bonchev–Trinajstić information content (AvgIpc) is 3.23. The Kier molecular flexibility index (Phi) is 5.28. The molecule has 1 aliphatic heterocycles. The molecule has 0 aliphatic carbocycles. The van der Waals surface area contributed by atoms with Gasteiger partial charge in [-0.05, 0) is 61.4 Å². The Morgan fingerprint density at radius 3 is 2.59 bits per heavy atom. The molecular formula is C24H23N5O3. The number of anilines is 1. The molecule has 0 atom stereocenters. The second kappa shape index (κ2) is 8.39. The molecule has 32 heavy (non-hydrogen) atoms. The van der Waals surface area contributed by atoms with Gasteiger partial charge < -0.3 is 15.2 Å².